The summed E-state index contributed by atoms with van der Waals surface area (Å²) in [5.74, 6) is -0.246. The molecule has 0 saturated carbocycles. The molecule has 1 heterocycles. The van der Waals surface area contributed by atoms with Crippen LogP contribution in [0.2, 0.25) is 0 Å². The molecule has 0 unspecified atom stereocenters. The summed E-state index contributed by atoms with van der Waals surface area (Å²) in [6, 6.07) is 5.77. The molecule has 0 radical (unpaired) electrons. The molecule has 2 rings (SSSR count). The highest BCUT2D eigenvalue weighted by atomic mass is 19.1. The lowest BCUT2D eigenvalue weighted by atomic mass is 9.88. The molecule has 138 valence electrons. The molecule has 1 aliphatic rings. The quantitative estimate of drug-likeness (QED) is 0.779. The fraction of sp³-hybridized carbons (Fsp3) is 0.556. The number of nitrogens with zero attached hydrogens (tertiary/aromatic N) is 1. The Morgan fingerprint density at radius 1 is 1.40 bits per heavy atom. The van der Waals surface area contributed by atoms with Crippen molar-refractivity contribution in [1.29, 1.82) is 0 Å². The fourth-order valence-electron chi connectivity index (χ4n) is 2.97. The van der Waals surface area contributed by atoms with Crippen LogP contribution in [0.3, 0.4) is 0 Å². The van der Waals surface area contributed by atoms with Gasteiger partial charge in [-0.2, -0.15) is 0 Å². The summed E-state index contributed by atoms with van der Waals surface area (Å²) < 4.78 is 18.5. The van der Waals surface area contributed by atoms with Crippen LogP contribution in [-0.2, 0) is 9.59 Å². The summed E-state index contributed by atoms with van der Waals surface area (Å²) in [6.07, 6.45) is 1.99. The van der Waals surface area contributed by atoms with Gasteiger partial charge in [-0.05, 0) is 31.4 Å². The van der Waals surface area contributed by atoms with Gasteiger partial charge < -0.3 is 20.1 Å². The summed E-state index contributed by atoms with van der Waals surface area (Å²) in [6.45, 7) is 0.958. The molecular weight excluding hydrogens is 327 g/mol. The number of ether oxygens (including phenoxy) is 1. The number of halogens is 1. The highest BCUT2D eigenvalue weighted by molar-refractivity contribution is 5.77. The smallest absolute Gasteiger partial charge is 0.226 e. The number of hydrogen-bond acceptors (Lipinski definition) is 4. The second kappa shape index (κ2) is 8.80. The molecule has 2 amide bonds. The number of hydrogen-bond donors (Lipinski definition) is 2. The number of β-amino-alcohol motifs (C(OH)–C–C–N with tert-alkyl or cyclic N) is 1. The van der Waals surface area contributed by atoms with Crippen molar-refractivity contribution in [3.05, 3.63) is 30.1 Å². The maximum Gasteiger partial charge on any atom is 0.226 e. The number of nitrogens with one attached hydrogen (secondary N) is 1. The van der Waals surface area contributed by atoms with E-state index < -0.39 is 5.60 Å². The Hall–Kier alpha value is -2.15. The lowest BCUT2D eigenvalue weighted by molar-refractivity contribution is -0.139. The van der Waals surface area contributed by atoms with Crippen LogP contribution in [0.25, 0.3) is 0 Å². The van der Waals surface area contributed by atoms with Gasteiger partial charge in [0.2, 0.25) is 11.8 Å². The van der Waals surface area contributed by atoms with Crippen molar-refractivity contribution in [2.45, 2.75) is 37.7 Å². The SMILES string of the molecule is CNC(=O)CC[C@]1(O)CCCN(C(=O)CCOc2cccc(F)c2)C1. The summed E-state index contributed by atoms with van der Waals surface area (Å²) >= 11 is 0. The third kappa shape index (κ3) is 6.01. The first-order chi connectivity index (χ1) is 11.9. The van der Waals surface area contributed by atoms with E-state index in [0.717, 1.165) is 0 Å². The molecule has 2 N–H and O–H groups in total. The maximum atomic E-state index is 13.1. The minimum atomic E-state index is -1.02. The second-order valence-corrected chi connectivity index (χ2v) is 6.37. The van der Waals surface area contributed by atoms with Crippen LogP contribution in [0.4, 0.5) is 4.39 Å². The number of carbonyl (C=O) groups is 2. The van der Waals surface area contributed by atoms with Crippen LogP contribution in [0.15, 0.2) is 24.3 Å². The third-order valence-electron chi connectivity index (χ3n) is 4.39. The summed E-state index contributed by atoms with van der Waals surface area (Å²) in [5, 5.41) is 13.2. The highest BCUT2D eigenvalue weighted by Crippen LogP contribution is 2.26. The van der Waals surface area contributed by atoms with Crippen LogP contribution < -0.4 is 10.1 Å². The van der Waals surface area contributed by atoms with Crippen LogP contribution in [0.1, 0.15) is 32.1 Å². The number of benzene rings is 1. The Morgan fingerprint density at radius 3 is 2.92 bits per heavy atom. The summed E-state index contributed by atoms with van der Waals surface area (Å²) in [4.78, 5) is 25.3. The van der Waals surface area contributed by atoms with Crippen molar-refractivity contribution in [1.82, 2.24) is 10.2 Å². The molecule has 25 heavy (non-hydrogen) atoms. The zero-order chi connectivity index (χ0) is 18.3. The molecule has 1 atom stereocenters. The van der Waals surface area contributed by atoms with E-state index in [-0.39, 0.29) is 43.6 Å². The first-order valence-electron chi connectivity index (χ1n) is 8.51. The van der Waals surface area contributed by atoms with Crippen LogP contribution in [0.5, 0.6) is 5.75 Å². The van der Waals surface area contributed by atoms with Gasteiger partial charge in [0.25, 0.3) is 0 Å². The van der Waals surface area contributed by atoms with E-state index in [1.54, 1.807) is 24.1 Å². The normalized spacial score (nSPS) is 20.2. The van der Waals surface area contributed by atoms with Gasteiger partial charge in [0.05, 0.1) is 18.6 Å². The van der Waals surface area contributed by atoms with E-state index in [1.807, 2.05) is 0 Å². The van der Waals surface area contributed by atoms with Gasteiger partial charge in [0, 0.05) is 32.6 Å². The summed E-state index contributed by atoms with van der Waals surface area (Å²) in [7, 11) is 1.56. The van der Waals surface area contributed by atoms with Crippen molar-refractivity contribution in [2.75, 3.05) is 26.7 Å². The third-order valence-corrected chi connectivity index (χ3v) is 4.39. The number of likely N-dealkylation sites (tertiary alicyclic amines) is 1. The molecule has 1 aromatic rings. The average Bonchev–Trinajstić information content (AvgIpc) is 2.59. The van der Waals surface area contributed by atoms with Gasteiger partial charge in [-0.25, -0.2) is 4.39 Å². The van der Waals surface area contributed by atoms with E-state index in [0.29, 0.717) is 31.6 Å². The van der Waals surface area contributed by atoms with E-state index in [2.05, 4.69) is 5.32 Å². The van der Waals surface area contributed by atoms with Gasteiger partial charge in [-0.1, -0.05) is 6.07 Å². The minimum absolute atomic E-state index is 0.116. The van der Waals surface area contributed by atoms with Crippen LogP contribution in [0, 0.1) is 5.82 Å². The standard InChI is InChI=1S/C18H25FN2O4/c1-20-16(22)6-9-18(24)8-3-10-21(13-18)17(23)7-11-25-15-5-2-4-14(19)12-15/h2,4-5,12,24H,3,6-11,13H2,1H3,(H,20,22)/t18-/m1/s1. The number of aliphatic hydroxyl groups is 1. The number of rotatable bonds is 7. The highest BCUT2D eigenvalue weighted by Gasteiger charge is 2.35. The zero-order valence-corrected chi connectivity index (χ0v) is 14.5. The molecule has 1 fully saturated rings. The Labute approximate surface area is 147 Å². The second-order valence-electron chi connectivity index (χ2n) is 6.37. The summed E-state index contributed by atoms with van der Waals surface area (Å²) in [5.41, 5.74) is -1.02. The van der Waals surface area contributed by atoms with Crippen LogP contribution in [-0.4, -0.2) is 54.2 Å². The molecular formula is C18H25FN2O4. The molecule has 7 heteroatoms. The van der Waals surface area contributed by atoms with Crippen molar-refractivity contribution in [3.8, 4) is 5.75 Å². The molecule has 0 bridgehead atoms. The molecule has 6 nitrogen and oxygen atoms in total. The maximum absolute atomic E-state index is 13.1. The van der Waals surface area contributed by atoms with Gasteiger partial charge >= 0.3 is 0 Å². The number of carbonyl (C=O) groups excluding carboxylic acids is 2. The van der Waals surface area contributed by atoms with E-state index in [9.17, 15) is 19.1 Å². The number of piperidine rings is 1. The lowest BCUT2D eigenvalue weighted by Crippen LogP contribution is -2.50. The van der Waals surface area contributed by atoms with Crippen molar-refractivity contribution >= 4 is 11.8 Å². The first-order valence-corrected chi connectivity index (χ1v) is 8.51. The monoisotopic (exact) mass is 352 g/mol. The van der Waals surface area contributed by atoms with Gasteiger partial charge in [-0.3, -0.25) is 9.59 Å². The zero-order valence-electron chi connectivity index (χ0n) is 14.5. The van der Waals surface area contributed by atoms with Crippen molar-refractivity contribution < 1.29 is 23.8 Å². The number of amides is 2. The van der Waals surface area contributed by atoms with Crippen molar-refractivity contribution in [2.24, 2.45) is 0 Å². The van der Waals surface area contributed by atoms with E-state index >= 15 is 0 Å². The molecule has 1 aliphatic heterocycles. The predicted molar refractivity (Wildman–Crippen MR) is 90.6 cm³/mol. The molecule has 1 saturated heterocycles. The lowest BCUT2D eigenvalue weighted by Gasteiger charge is -2.39. The Bertz CT molecular complexity index is 610. The van der Waals surface area contributed by atoms with Crippen molar-refractivity contribution in [3.63, 3.8) is 0 Å². The Balaban J connectivity index is 1.79. The largest absolute Gasteiger partial charge is 0.493 e. The first kappa shape index (κ1) is 19.2. The van der Waals surface area contributed by atoms with Gasteiger partial charge in [0.15, 0.2) is 0 Å². The minimum Gasteiger partial charge on any atom is -0.493 e. The van der Waals surface area contributed by atoms with Gasteiger partial charge in [-0.15, -0.1) is 0 Å². The van der Waals surface area contributed by atoms with E-state index in [4.69, 9.17) is 4.74 Å². The Kier molecular flexibility index (Phi) is 6.75. The van der Waals surface area contributed by atoms with Gasteiger partial charge in [0.1, 0.15) is 11.6 Å². The predicted octanol–water partition coefficient (Wildman–Crippen LogP) is 1.47. The molecule has 0 spiro atoms. The average molecular weight is 352 g/mol. The van der Waals surface area contributed by atoms with Crippen LogP contribution >= 0.6 is 0 Å². The fourth-order valence-corrected chi connectivity index (χ4v) is 2.97. The topological polar surface area (TPSA) is 78.9 Å². The molecule has 0 aromatic heterocycles. The molecule has 1 aromatic carbocycles. The Morgan fingerprint density at radius 2 is 2.20 bits per heavy atom. The molecule has 0 aliphatic carbocycles. The van der Waals surface area contributed by atoms with E-state index in [1.165, 1.54) is 12.1 Å².